The maximum Gasteiger partial charge on any atom is 0.162 e. The van der Waals surface area contributed by atoms with E-state index in [1.165, 1.54) is 5.56 Å². The smallest absolute Gasteiger partial charge is 0.162 e. The lowest BCUT2D eigenvalue weighted by Crippen LogP contribution is -2.19. The Hall–Kier alpha value is -1.15. The van der Waals surface area contributed by atoms with Gasteiger partial charge in [-0.05, 0) is 19.8 Å². The summed E-state index contributed by atoms with van der Waals surface area (Å²) in [5, 5.41) is 0. The van der Waals surface area contributed by atoms with Gasteiger partial charge in [0, 0.05) is 18.0 Å². The van der Waals surface area contributed by atoms with Gasteiger partial charge in [0.25, 0.3) is 0 Å². The quantitative estimate of drug-likeness (QED) is 0.751. The molecule has 1 rings (SSSR count). The molecule has 2 heteroatoms. The van der Waals surface area contributed by atoms with Gasteiger partial charge in [-0.15, -0.1) is 0 Å². The van der Waals surface area contributed by atoms with Crippen molar-refractivity contribution in [1.29, 1.82) is 0 Å². The lowest BCUT2D eigenvalue weighted by atomic mass is 10.0. The average molecular weight is 205 g/mol. The first-order valence-electron chi connectivity index (χ1n) is 5.49. The molecule has 0 saturated carbocycles. The molecule has 1 aromatic carbocycles. The van der Waals surface area contributed by atoms with Gasteiger partial charge < -0.3 is 5.73 Å². The van der Waals surface area contributed by atoms with Crippen LogP contribution in [0.15, 0.2) is 24.3 Å². The second-order valence-corrected chi connectivity index (χ2v) is 4.00. The van der Waals surface area contributed by atoms with Crippen molar-refractivity contribution in [2.75, 3.05) is 0 Å². The molecule has 82 valence electrons. The van der Waals surface area contributed by atoms with Gasteiger partial charge in [0.1, 0.15) is 0 Å². The third-order valence-corrected chi connectivity index (χ3v) is 2.64. The molecule has 0 unspecified atom stereocenters. The third-order valence-electron chi connectivity index (χ3n) is 2.64. The van der Waals surface area contributed by atoms with E-state index in [9.17, 15) is 4.79 Å². The minimum atomic E-state index is 0.152. The highest BCUT2D eigenvalue weighted by Gasteiger charge is 2.07. The SMILES string of the molecule is CC[C@H](N)CCC(=O)c1ccc(C)cc1. The summed E-state index contributed by atoms with van der Waals surface area (Å²) in [7, 11) is 0. The van der Waals surface area contributed by atoms with E-state index in [1.807, 2.05) is 38.1 Å². The fraction of sp³-hybridized carbons (Fsp3) is 0.462. The van der Waals surface area contributed by atoms with Crippen LogP contribution in [0, 0.1) is 6.92 Å². The highest BCUT2D eigenvalue weighted by Crippen LogP contribution is 2.09. The minimum absolute atomic E-state index is 0.152. The van der Waals surface area contributed by atoms with Gasteiger partial charge in [0.05, 0.1) is 0 Å². The molecule has 2 nitrogen and oxygen atoms in total. The van der Waals surface area contributed by atoms with Gasteiger partial charge in [-0.25, -0.2) is 0 Å². The first kappa shape index (κ1) is 11.9. The Bertz CT molecular complexity index is 316. The van der Waals surface area contributed by atoms with Gasteiger partial charge in [0.15, 0.2) is 5.78 Å². The monoisotopic (exact) mass is 205 g/mol. The molecule has 15 heavy (non-hydrogen) atoms. The number of carbonyl (C=O) groups is 1. The van der Waals surface area contributed by atoms with E-state index in [0.29, 0.717) is 6.42 Å². The molecule has 0 spiro atoms. The van der Waals surface area contributed by atoms with Crippen molar-refractivity contribution in [2.45, 2.75) is 39.2 Å². The van der Waals surface area contributed by atoms with Crippen LogP contribution >= 0.6 is 0 Å². The maximum atomic E-state index is 11.7. The van der Waals surface area contributed by atoms with Crippen LogP contribution in [0.1, 0.15) is 42.1 Å². The molecular formula is C13H19NO. The Morgan fingerprint density at radius 2 is 1.93 bits per heavy atom. The number of hydrogen-bond acceptors (Lipinski definition) is 2. The molecule has 0 aliphatic carbocycles. The normalized spacial score (nSPS) is 12.5. The van der Waals surface area contributed by atoms with Crippen molar-refractivity contribution >= 4 is 5.78 Å². The number of hydrogen-bond donors (Lipinski definition) is 1. The first-order valence-corrected chi connectivity index (χ1v) is 5.49. The Morgan fingerprint density at radius 3 is 2.47 bits per heavy atom. The summed E-state index contributed by atoms with van der Waals surface area (Å²) >= 11 is 0. The van der Waals surface area contributed by atoms with Gasteiger partial charge in [0.2, 0.25) is 0 Å². The summed E-state index contributed by atoms with van der Waals surface area (Å²) < 4.78 is 0. The highest BCUT2D eigenvalue weighted by atomic mass is 16.1. The number of Topliss-reactive ketones (excluding diaryl/α,β-unsaturated/α-hetero) is 1. The molecule has 0 bridgehead atoms. The summed E-state index contributed by atoms with van der Waals surface area (Å²) in [6, 6.07) is 7.85. The van der Waals surface area contributed by atoms with Crippen LogP contribution < -0.4 is 5.73 Å². The van der Waals surface area contributed by atoms with E-state index in [2.05, 4.69) is 0 Å². The van der Waals surface area contributed by atoms with Crippen molar-refractivity contribution in [1.82, 2.24) is 0 Å². The summed E-state index contributed by atoms with van der Waals surface area (Å²) in [5.41, 5.74) is 7.74. The number of ketones is 1. The number of nitrogens with two attached hydrogens (primary N) is 1. The third kappa shape index (κ3) is 3.84. The van der Waals surface area contributed by atoms with Crippen molar-refractivity contribution in [3.8, 4) is 0 Å². The van der Waals surface area contributed by atoms with Gasteiger partial charge >= 0.3 is 0 Å². The zero-order chi connectivity index (χ0) is 11.3. The lowest BCUT2D eigenvalue weighted by molar-refractivity contribution is 0.0977. The Kier molecular flexibility index (Phi) is 4.50. The number of carbonyl (C=O) groups excluding carboxylic acids is 1. The van der Waals surface area contributed by atoms with Crippen molar-refractivity contribution in [3.05, 3.63) is 35.4 Å². The van der Waals surface area contributed by atoms with Crippen LogP contribution in [0.2, 0.25) is 0 Å². The first-order chi connectivity index (χ1) is 7.13. The van der Waals surface area contributed by atoms with Gasteiger partial charge in [-0.1, -0.05) is 36.8 Å². The Morgan fingerprint density at radius 1 is 1.33 bits per heavy atom. The van der Waals surface area contributed by atoms with E-state index in [-0.39, 0.29) is 11.8 Å². The number of aryl methyl sites for hydroxylation is 1. The molecule has 0 saturated heterocycles. The lowest BCUT2D eigenvalue weighted by Gasteiger charge is -2.07. The summed E-state index contributed by atoms with van der Waals surface area (Å²) in [4.78, 5) is 11.7. The van der Waals surface area contributed by atoms with E-state index in [1.54, 1.807) is 0 Å². The van der Waals surface area contributed by atoms with Gasteiger partial charge in [-0.3, -0.25) is 4.79 Å². The number of rotatable bonds is 5. The Balaban J connectivity index is 2.50. The van der Waals surface area contributed by atoms with Crippen molar-refractivity contribution in [3.63, 3.8) is 0 Å². The van der Waals surface area contributed by atoms with Crippen LogP contribution in [0.25, 0.3) is 0 Å². The molecule has 0 heterocycles. The van der Waals surface area contributed by atoms with Crippen molar-refractivity contribution < 1.29 is 4.79 Å². The van der Waals surface area contributed by atoms with E-state index in [0.717, 1.165) is 18.4 Å². The molecule has 0 fully saturated rings. The Labute approximate surface area is 91.5 Å². The average Bonchev–Trinajstić information content (AvgIpc) is 2.26. The second-order valence-electron chi connectivity index (χ2n) is 4.00. The molecule has 0 aromatic heterocycles. The largest absolute Gasteiger partial charge is 0.328 e. The van der Waals surface area contributed by atoms with Gasteiger partial charge in [-0.2, -0.15) is 0 Å². The molecular weight excluding hydrogens is 186 g/mol. The molecule has 1 aromatic rings. The molecule has 0 aliphatic rings. The fourth-order valence-corrected chi connectivity index (χ4v) is 1.40. The van der Waals surface area contributed by atoms with Crippen LogP contribution in [-0.4, -0.2) is 11.8 Å². The molecule has 0 amide bonds. The molecule has 0 aliphatic heterocycles. The van der Waals surface area contributed by atoms with E-state index in [4.69, 9.17) is 5.73 Å². The van der Waals surface area contributed by atoms with Crippen LogP contribution in [0.5, 0.6) is 0 Å². The highest BCUT2D eigenvalue weighted by molar-refractivity contribution is 5.96. The summed E-state index contributed by atoms with van der Waals surface area (Å²) in [6.45, 7) is 4.06. The van der Waals surface area contributed by atoms with Crippen LogP contribution in [-0.2, 0) is 0 Å². The molecule has 0 radical (unpaired) electrons. The summed E-state index contributed by atoms with van der Waals surface area (Å²) in [5.74, 6) is 0.193. The molecule has 1 atom stereocenters. The van der Waals surface area contributed by atoms with Crippen molar-refractivity contribution in [2.24, 2.45) is 5.73 Å². The summed E-state index contributed by atoms with van der Waals surface area (Å²) in [6.07, 6.45) is 2.27. The maximum absolute atomic E-state index is 11.7. The zero-order valence-corrected chi connectivity index (χ0v) is 9.49. The minimum Gasteiger partial charge on any atom is -0.328 e. The standard InChI is InChI=1S/C13H19NO/c1-3-12(14)8-9-13(15)11-6-4-10(2)5-7-11/h4-7,12H,3,8-9,14H2,1-2H3/t12-/m0/s1. The zero-order valence-electron chi connectivity index (χ0n) is 9.49. The fourth-order valence-electron chi connectivity index (χ4n) is 1.40. The van der Waals surface area contributed by atoms with Crippen LogP contribution in [0.3, 0.4) is 0 Å². The topological polar surface area (TPSA) is 43.1 Å². The second kappa shape index (κ2) is 5.66. The number of benzene rings is 1. The van der Waals surface area contributed by atoms with Crippen LogP contribution in [0.4, 0.5) is 0 Å². The predicted molar refractivity (Wildman–Crippen MR) is 63.0 cm³/mol. The van der Waals surface area contributed by atoms with E-state index >= 15 is 0 Å². The predicted octanol–water partition coefficient (Wildman–Crippen LogP) is 2.70. The molecule has 2 N–H and O–H groups in total. The van der Waals surface area contributed by atoms with E-state index < -0.39 is 0 Å².